The van der Waals surface area contributed by atoms with Crippen LogP contribution in [0.1, 0.15) is 16.5 Å². The number of likely N-dealkylation sites (N-methyl/N-ethyl adjacent to an activating group) is 1. The Bertz CT molecular complexity index is 681. The number of methoxy groups -OCH3 is 1. The van der Waals surface area contributed by atoms with Crippen molar-refractivity contribution < 1.29 is 9.53 Å². The fraction of sp³-hybridized carbons (Fsp3) is 0.286. The number of thiazole rings is 1. The Morgan fingerprint density at radius 3 is 2.65 bits per heavy atom. The van der Waals surface area contributed by atoms with Crippen LogP contribution in [-0.2, 0) is 16.1 Å². The number of halogens is 3. The molecule has 0 fully saturated rings. The van der Waals surface area contributed by atoms with Crippen LogP contribution < -0.4 is 5.73 Å². The van der Waals surface area contributed by atoms with Gasteiger partial charge in [-0.2, -0.15) is 0 Å². The van der Waals surface area contributed by atoms with Gasteiger partial charge in [0.15, 0.2) is 5.13 Å². The fourth-order valence-electron chi connectivity index (χ4n) is 2.10. The van der Waals surface area contributed by atoms with Gasteiger partial charge in [-0.3, -0.25) is 4.90 Å². The van der Waals surface area contributed by atoms with E-state index in [9.17, 15) is 4.79 Å². The maximum atomic E-state index is 12.2. The number of carbonyl (C=O) groups is 1. The van der Waals surface area contributed by atoms with Crippen LogP contribution in [0.3, 0.4) is 0 Å². The van der Waals surface area contributed by atoms with Crippen molar-refractivity contribution in [1.82, 2.24) is 9.88 Å². The third-order valence-electron chi connectivity index (χ3n) is 3.10. The van der Waals surface area contributed by atoms with E-state index < -0.39 is 6.04 Å². The van der Waals surface area contributed by atoms with Crippen molar-refractivity contribution in [2.75, 3.05) is 19.9 Å². The van der Waals surface area contributed by atoms with E-state index in [1.165, 1.54) is 18.4 Å². The van der Waals surface area contributed by atoms with Crippen molar-refractivity contribution in [3.63, 3.8) is 0 Å². The summed E-state index contributed by atoms with van der Waals surface area (Å²) in [6, 6.07) is 4.49. The molecule has 2 rings (SSSR count). The van der Waals surface area contributed by atoms with Gasteiger partial charge < -0.3 is 10.5 Å². The average Bonchev–Trinajstić information content (AvgIpc) is 2.88. The van der Waals surface area contributed by atoms with Gasteiger partial charge in [0.05, 0.1) is 17.2 Å². The Hall–Kier alpha value is -1.05. The lowest BCUT2D eigenvalue weighted by Crippen LogP contribution is -2.31. The second kappa shape index (κ2) is 8.70. The molecule has 2 aromatic rings. The molecule has 0 aliphatic rings. The molecule has 1 aromatic heterocycles. The van der Waals surface area contributed by atoms with E-state index in [1.807, 2.05) is 11.9 Å². The maximum Gasteiger partial charge on any atom is 0.327 e. The smallest absolute Gasteiger partial charge is 0.327 e. The molecule has 1 unspecified atom stereocenters. The molecule has 5 nitrogen and oxygen atoms in total. The highest BCUT2D eigenvalue weighted by Crippen LogP contribution is 2.30. The molecular weight excluding hydrogens is 381 g/mol. The van der Waals surface area contributed by atoms with Crippen LogP contribution in [-0.4, -0.2) is 30.0 Å². The fourth-order valence-corrected chi connectivity index (χ4v) is 3.15. The lowest BCUT2D eigenvalue weighted by Gasteiger charge is -2.25. The maximum absolute atomic E-state index is 12.2. The van der Waals surface area contributed by atoms with Crippen LogP contribution in [0.15, 0.2) is 24.4 Å². The number of esters is 1. The number of rotatable bonds is 5. The number of benzene rings is 1. The molecule has 9 heteroatoms. The minimum absolute atomic E-state index is 0. The van der Waals surface area contributed by atoms with Gasteiger partial charge in [-0.1, -0.05) is 29.3 Å². The summed E-state index contributed by atoms with van der Waals surface area (Å²) in [4.78, 5) is 19.0. The van der Waals surface area contributed by atoms with Gasteiger partial charge in [0.2, 0.25) is 0 Å². The lowest BCUT2D eigenvalue weighted by atomic mass is 10.1. The highest BCUT2D eigenvalue weighted by atomic mass is 35.5. The zero-order valence-electron chi connectivity index (χ0n) is 12.5. The first-order chi connectivity index (χ1) is 10.4. The van der Waals surface area contributed by atoms with Crippen LogP contribution in [0.25, 0.3) is 0 Å². The van der Waals surface area contributed by atoms with E-state index in [-0.39, 0.29) is 18.4 Å². The Morgan fingerprint density at radius 2 is 2.13 bits per heavy atom. The van der Waals surface area contributed by atoms with E-state index in [1.54, 1.807) is 24.4 Å². The summed E-state index contributed by atoms with van der Waals surface area (Å²) < 4.78 is 4.91. The Labute approximate surface area is 154 Å². The first-order valence-electron chi connectivity index (χ1n) is 6.35. The normalized spacial score (nSPS) is 11.9. The van der Waals surface area contributed by atoms with E-state index in [0.717, 1.165) is 4.88 Å². The second-order valence-electron chi connectivity index (χ2n) is 4.68. The van der Waals surface area contributed by atoms with Gasteiger partial charge in [-0.25, -0.2) is 9.78 Å². The predicted molar refractivity (Wildman–Crippen MR) is 96.5 cm³/mol. The average molecular weight is 397 g/mol. The molecule has 0 radical (unpaired) electrons. The van der Waals surface area contributed by atoms with Gasteiger partial charge >= 0.3 is 5.97 Å². The van der Waals surface area contributed by atoms with Gasteiger partial charge in [-0.05, 0) is 24.7 Å². The molecule has 126 valence electrons. The molecular formula is C14H16Cl3N3O2S. The Balaban J connectivity index is 0.00000264. The number of nitrogens with zero attached hydrogens (tertiary/aromatic N) is 2. The van der Waals surface area contributed by atoms with Gasteiger partial charge in [0.1, 0.15) is 6.04 Å². The number of hydrogen-bond donors (Lipinski definition) is 1. The van der Waals surface area contributed by atoms with Crippen molar-refractivity contribution in [2.45, 2.75) is 12.6 Å². The largest absolute Gasteiger partial charge is 0.468 e. The van der Waals surface area contributed by atoms with Crippen molar-refractivity contribution in [3.05, 3.63) is 44.9 Å². The summed E-state index contributed by atoms with van der Waals surface area (Å²) in [5.41, 5.74) is 6.34. The van der Waals surface area contributed by atoms with Crippen LogP contribution in [0.4, 0.5) is 5.13 Å². The number of ether oxygens (including phenoxy) is 1. The molecule has 0 aliphatic carbocycles. The first-order valence-corrected chi connectivity index (χ1v) is 7.92. The standard InChI is InChI=1S/C14H15Cl2N3O2S.ClH/c1-19(7-9-6-18-14(17)22-9)12(13(20)21-2)8-3-4-10(15)11(16)5-8;/h3-6,12H,7H2,1-2H3,(H2,17,18);1H. The molecule has 0 saturated heterocycles. The summed E-state index contributed by atoms with van der Waals surface area (Å²) >= 11 is 13.4. The minimum Gasteiger partial charge on any atom is -0.468 e. The highest BCUT2D eigenvalue weighted by molar-refractivity contribution is 7.15. The summed E-state index contributed by atoms with van der Waals surface area (Å²) in [6.45, 7) is 0.509. The number of nitrogens with two attached hydrogens (primary N) is 1. The van der Waals surface area contributed by atoms with Crippen molar-refractivity contribution in [3.8, 4) is 0 Å². The SMILES string of the molecule is COC(=O)C(c1ccc(Cl)c(Cl)c1)N(C)Cc1cnc(N)s1.Cl. The summed E-state index contributed by atoms with van der Waals surface area (Å²) in [5, 5.41) is 1.32. The number of hydrogen-bond acceptors (Lipinski definition) is 6. The zero-order chi connectivity index (χ0) is 16.3. The molecule has 0 aliphatic heterocycles. The van der Waals surface area contributed by atoms with Gasteiger partial charge in [-0.15, -0.1) is 23.7 Å². The topological polar surface area (TPSA) is 68.5 Å². The molecule has 2 N–H and O–H groups in total. The summed E-state index contributed by atoms with van der Waals surface area (Å²) in [7, 11) is 3.17. The molecule has 23 heavy (non-hydrogen) atoms. The Morgan fingerprint density at radius 1 is 1.43 bits per heavy atom. The van der Waals surface area contributed by atoms with Gasteiger partial charge in [0.25, 0.3) is 0 Å². The number of carbonyl (C=O) groups excluding carboxylic acids is 1. The van der Waals surface area contributed by atoms with E-state index in [0.29, 0.717) is 27.3 Å². The molecule has 0 amide bonds. The number of aromatic nitrogens is 1. The molecule has 0 bridgehead atoms. The van der Waals surface area contributed by atoms with Crippen LogP contribution in [0, 0.1) is 0 Å². The molecule has 0 saturated carbocycles. The molecule has 1 atom stereocenters. The zero-order valence-corrected chi connectivity index (χ0v) is 15.6. The van der Waals surface area contributed by atoms with E-state index in [4.69, 9.17) is 33.7 Å². The molecule has 0 spiro atoms. The monoisotopic (exact) mass is 395 g/mol. The lowest BCUT2D eigenvalue weighted by molar-refractivity contribution is -0.147. The summed E-state index contributed by atoms with van der Waals surface area (Å²) in [6.07, 6.45) is 1.69. The van der Waals surface area contributed by atoms with Crippen molar-refractivity contribution in [1.29, 1.82) is 0 Å². The van der Waals surface area contributed by atoms with Crippen LogP contribution >= 0.6 is 46.9 Å². The molecule has 1 heterocycles. The second-order valence-corrected chi connectivity index (χ2v) is 6.64. The van der Waals surface area contributed by atoms with Crippen molar-refractivity contribution in [2.24, 2.45) is 0 Å². The number of nitrogen functional groups attached to an aromatic ring is 1. The minimum atomic E-state index is -0.594. The number of anilines is 1. The predicted octanol–water partition coefficient (Wildman–Crippen LogP) is 3.80. The quantitative estimate of drug-likeness (QED) is 0.779. The molecule has 1 aromatic carbocycles. The summed E-state index contributed by atoms with van der Waals surface area (Å²) in [5.74, 6) is -0.377. The third kappa shape index (κ3) is 4.96. The van der Waals surface area contributed by atoms with Gasteiger partial charge in [0, 0.05) is 17.6 Å². The van der Waals surface area contributed by atoms with Crippen molar-refractivity contribution >= 4 is 58.0 Å². The van der Waals surface area contributed by atoms with Crippen LogP contribution in [0.5, 0.6) is 0 Å². The van der Waals surface area contributed by atoms with E-state index >= 15 is 0 Å². The Kier molecular flexibility index (Phi) is 7.57. The van der Waals surface area contributed by atoms with E-state index in [2.05, 4.69) is 4.98 Å². The highest BCUT2D eigenvalue weighted by Gasteiger charge is 2.27. The van der Waals surface area contributed by atoms with Crippen LogP contribution in [0.2, 0.25) is 10.0 Å². The third-order valence-corrected chi connectivity index (χ3v) is 4.65. The first kappa shape index (κ1) is 20.0.